The van der Waals surface area contributed by atoms with E-state index in [4.69, 9.17) is 11.6 Å². The van der Waals surface area contributed by atoms with Gasteiger partial charge in [-0.1, -0.05) is 18.5 Å². The molecule has 2 N–H and O–H groups in total. The second-order valence-corrected chi connectivity index (χ2v) is 5.30. The Hall–Kier alpha value is -1.07. The minimum atomic E-state index is 0.189. The lowest BCUT2D eigenvalue weighted by Crippen LogP contribution is -2.32. The molecule has 6 heteroatoms. The van der Waals surface area contributed by atoms with Gasteiger partial charge in [0.2, 0.25) is 5.91 Å². The van der Waals surface area contributed by atoms with Crippen molar-refractivity contribution in [2.45, 2.75) is 32.7 Å². The molecular formula is C13H21ClN4O. The molecule has 5 nitrogen and oxygen atoms in total. The molecule has 0 aliphatic heterocycles. The van der Waals surface area contributed by atoms with E-state index >= 15 is 0 Å². The molecule has 1 aromatic heterocycles. The third kappa shape index (κ3) is 3.70. The standard InChI is InChI=1S/C13H21ClN4O/c1-3-10-12(14)11(18(2)17-10)8-15-6-7-16-13(19)9-4-5-9/h9,15H,3-8H2,1-2H3,(H,16,19). The van der Waals surface area contributed by atoms with Crippen molar-refractivity contribution < 1.29 is 4.79 Å². The second kappa shape index (κ2) is 6.39. The van der Waals surface area contributed by atoms with Crippen molar-refractivity contribution in [2.75, 3.05) is 13.1 Å². The number of amides is 1. The van der Waals surface area contributed by atoms with Gasteiger partial charge in [0.25, 0.3) is 0 Å². The number of hydrogen-bond donors (Lipinski definition) is 2. The quantitative estimate of drug-likeness (QED) is 0.741. The van der Waals surface area contributed by atoms with E-state index in [1.807, 2.05) is 18.7 Å². The number of aromatic nitrogens is 2. The third-order valence-electron chi connectivity index (χ3n) is 3.34. The van der Waals surface area contributed by atoms with Crippen molar-refractivity contribution in [1.29, 1.82) is 0 Å². The van der Waals surface area contributed by atoms with Crippen molar-refractivity contribution in [3.05, 3.63) is 16.4 Å². The van der Waals surface area contributed by atoms with Crippen LogP contribution in [-0.4, -0.2) is 28.8 Å². The molecule has 0 bridgehead atoms. The number of nitrogens with one attached hydrogen (secondary N) is 2. The van der Waals surface area contributed by atoms with Crippen LogP contribution in [0.3, 0.4) is 0 Å². The van der Waals surface area contributed by atoms with Gasteiger partial charge in [-0.3, -0.25) is 9.48 Å². The molecule has 1 aliphatic carbocycles. The largest absolute Gasteiger partial charge is 0.355 e. The smallest absolute Gasteiger partial charge is 0.223 e. The van der Waals surface area contributed by atoms with E-state index in [0.29, 0.717) is 13.1 Å². The monoisotopic (exact) mass is 284 g/mol. The van der Waals surface area contributed by atoms with Crippen LogP contribution >= 0.6 is 11.6 Å². The Bertz CT molecular complexity index is 454. The second-order valence-electron chi connectivity index (χ2n) is 4.93. The molecule has 106 valence electrons. The molecule has 0 spiro atoms. The summed E-state index contributed by atoms with van der Waals surface area (Å²) in [6.07, 6.45) is 2.93. The molecule has 0 saturated heterocycles. The van der Waals surface area contributed by atoms with Crippen LogP contribution in [-0.2, 0) is 24.8 Å². The number of carbonyl (C=O) groups excluding carboxylic acids is 1. The van der Waals surface area contributed by atoms with E-state index in [2.05, 4.69) is 15.7 Å². The summed E-state index contributed by atoms with van der Waals surface area (Å²) in [5.74, 6) is 0.465. The van der Waals surface area contributed by atoms with Gasteiger partial charge in [0.05, 0.1) is 16.4 Å². The summed E-state index contributed by atoms with van der Waals surface area (Å²) in [5, 5.41) is 11.3. The van der Waals surface area contributed by atoms with Crippen LogP contribution in [0.5, 0.6) is 0 Å². The Morgan fingerprint density at radius 1 is 1.47 bits per heavy atom. The van der Waals surface area contributed by atoms with Crippen LogP contribution in [0.2, 0.25) is 5.02 Å². The maximum absolute atomic E-state index is 11.4. The highest BCUT2D eigenvalue weighted by Crippen LogP contribution is 2.28. The van der Waals surface area contributed by atoms with Crippen LogP contribution in [0.15, 0.2) is 0 Å². The number of aryl methyl sites for hydroxylation is 2. The average Bonchev–Trinajstić information content (AvgIpc) is 3.19. The molecule has 1 aliphatic rings. The number of hydrogen-bond acceptors (Lipinski definition) is 3. The van der Waals surface area contributed by atoms with Gasteiger partial charge in [-0.05, 0) is 19.3 Å². The van der Waals surface area contributed by atoms with Gasteiger partial charge in [-0.25, -0.2) is 0 Å². The molecule has 1 fully saturated rings. The molecule has 0 unspecified atom stereocenters. The van der Waals surface area contributed by atoms with E-state index in [-0.39, 0.29) is 11.8 Å². The highest BCUT2D eigenvalue weighted by Gasteiger charge is 2.28. The predicted molar refractivity (Wildman–Crippen MR) is 75.0 cm³/mol. The van der Waals surface area contributed by atoms with Crippen LogP contribution in [0.1, 0.15) is 31.2 Å². The zero-order chi connectivity index (χ0) is 13.8. The van der Waals surface area contributed by atoms with Crippen LogP contribution < -0.4 is 10.6 Å². The molecule has 19 heavy (non-hydrogen) atoms. The molecule has 0 radical (unpaired) electrons. The van der Waals surface area contributed by atoms with Gasteiger partial charge >= 0.3 is 0 Å². The van der Waals surface area contributed by atoms with Gasteiger partial charge in [0, 0.05) is 32.6 Å². The topological polar surface area (TPSA) is 59.0 Å². The van der Waals surface area contributed by atoms with Crippen LogP contribution in [0.25, 0.3) is 0 Å². The average molecular weight is 285 g/mol. The van der Waals surface area contributed by atoms with Gasteiger partial charge in [-0.15, -0.1) is 0 Å². The highest BCUT2D eigenvalue weighted by atomic mass is 35.5. The lowest BCUT2D eigenvalue weighted by molar-refractivity contribution is -0.122. The number of rotatable bonds is 7. The first-order valence-electron chi connectivity index (χ1n) is 6.82. The van der Waals surface area contributed by atoms with Crippen molar-refractivity contribution in [2.24, 2.45) is 13.0 Å². The Labute approximate surface area is 118 Å². The summed E-state index contributed by atoms with van der Waals surface area (Å²) >= 11 is 6.25. The first-order valence-corrected chi connectivity index (χ1v) is 7.20. The lowest BCUT2D eigenvalue weighted by Gasteiger charge is -2.07. The minimum absolute atomic E-state index is 0.189. The van der Waals surface area contributed by atoms with E-state index < -0.39 is 0 Å². The third-order valence-corrected chi connectivity index (χ3v) is 3.78. The van der Waals surface area contributed by atoms with Crippen LogP contribution in [0.4, 0.5) is 0 Å². The molecule has 1 saturated carbocycles. The zero-order valence-electron chi connectivity index (χ0n) is 11.5. The lowest BCUT2D eigenvalue weighted by atomic mass is 10.3. The van der Waals surface area contributed by atoms with Crippen molar-refractivity contribution in [3.8, 4) is 0 Å². The Kier molecular flexibility index (Phi) is 4.82. The Morgan fingerprint density at radius 2 is 2.21 bits per heavy atom. The predicted octanol–water partition coefficient (Wildman–Crippen LogP) is 1.25. The SMILES string of the molecule is CCc1nn(C)c(CNCCNC(=O)C2CC2)c1Cl. The normalized spacial score (nSPS) is 14.7. The molecule has 1 aromatic rings. The number of nitrogens with zero attached hydrogens (tertiary/aromatic N) is 2. The van der Waals surface area contributed by atoms with Gasteiger partial charge in [0.1, 0.15) is 0 Å². The summed E-state index contributed by atoms with van der Waals surface area (Å²) in [4.78, 5) is 11.4. The molecular weight excluding hydrogens is 264 g/mol. The Balaban J connectivity index is 1.70. The summed E-state index contributed by atoms with van der Waals surface area (Å²) in [6.45, 7) is 4.10. The highest BCUT2D eigenvalue weighted by molar-refractivity contribution is 6.31. The fourth-order valence-corrected chi connectivity index (χ4v) is 2.34. The number of halogens is 1. The summed E-state index contributed by atoms with van der Waals surface area (Å²) in [7, 11) is 1.90. The van der Waals surface area contributed by atoms with Crippen molar-refractivity contribution in [1.82, 2.24) is 20.4 Å². The first kappa shape index (κ1) is 14.3. The van der Waals surface area contributed by atoms with E-state index in [9.17, 15) is 4.79 Å². The van der Waals surface area contributed by atoms with E-state index in [0.717, 1.165) is 42.2 Å². The summed E-state index contributed by atoms with van der Waals surface area (Å²) < 4.78 is 1.82. The molecule has 0 aromatic carbocycles. The van der Waals surface area contributed by atoms with Gasteiger partial charge < -0.3 is 10.6 Å². The first-order chi connectivity index (χ1) is 9.13. The van der Waals surface area contributed by atoms with E-state index in [1.54, 1.807) is 0 Å². The molecule has 1 amide bonds. The molecule has 2 rings (SSSR count). The minimum Gasteiger partial charge on any atom is -0.355 e. The Morgan fingerprint density at radius 3 is 2.79 bits per heavy atom. The zero-order valence-corrected chi connectivity index (χ0v) is 12.3. The van der Waals surface area contributed by atoms with Crippen molar-refractivity contribution in [3.63, 3.8) is 0 Å². The maximum atomic E-state index is 11.4. The molecule has 0 atom stereocenters. The maximum Gasteiger partial charge on any atom is 0.223 e. The summed E-state index contributed by atoms with van der Waals surface area (Å²) in [5.41, 5.74) is 1.93. The van der Waals surface area contributed by atoms with Crippen molar-refractivity contribution >= 4 is 17.5 Å². The van der Waals surface area contributed by atoms with Gasteiger partial charge in [0.15, 0.2) is 0 Å². The van der Waals surface area contributed by atoms with Gasteiger partial charge in [-0.2, -0.15) is 5.10 Å². The molecule has 1 heterocycles. The number of carbonyl (C=O) groups is 1. The fourth-order valence-electron chi connectivity index (χ4n) is 1.98. The fraction of sp³-hybridized carbons (Fsp3) is 0.692. The van der Waals surface area contributed by atoms with Crippen LogP contribution in [0, 0.1) is 5.92 Å². The van der Waals surface area contributed by atoms with E-state index in [1.165, 1.54) is 0 Å². The summed E-state index contributed by atoms with van der Waals surface area (Å²) in [6, 6.07) is 0.